The number of halogens is 4. The molecule has 0 saturated carbocycles. The molecule has 0 aliphatic carbocycles. The lowest BCUT2D eigenvalue weighted by atomic mass is 10.2. The van der Waals surface area contributed by atoms with Gasteiger partial charge in [0, 0.05) is 11.3 Å². The van der Waals surface area contributed by atoms with Gasteiger partial charge in [-0.2, -0.15) is 13.2 Å². The minimum Gasteiger partial charge on any atom is -0.345 e. The van der Waals surface area contributed by atoms with Gasteiger partial charge in [0.1, 0.15) is 12.4 Å². The largest absolute Gasteiger partial charge is 0.405 e. The molecule has 7 nitrogen and oxygen atoms in total. The van der Waals surface area contributed by atoms with Crippen molar-refractivity contribution < 1.29 is 35.6 Å². The molecule has 156 valence electrons. The van der Waals surface area contributed by atoms with Gasteiger partial charge in [-0.15, -0.1) is 0 Å². The van der Waals surface area contributed by atoms with Crippen LogP contribution in [0.25, 0.3) is 0 Å². The topological polar surface area (TPSA) is 104 Å². The van der Waals surface area contributed by atoms with Crippen LogP contribution < -0.4 is 15.4 Å². The first-order valence-corrected chi connectivity index (χ1v) is 9.45. The van der Waals surface area contributed by atoms with Gasteiger partial charge in [0.2, 0.25) is 5.91 Å². The Labute approximate surface area is 163 Å². The Morgan fingerprint density at radius 3 is 2.24 bits per heavy atom. The second kappa shape index (κ2) is 8.90. The summed E-state index contributed by atoms with van der Waals surface area (Å²) in [5.74, 6) is -2.46. The average Bonchev–Trinajstić information content (AvgIpc) is 2.65. The molecule has 0 saturated heterocycles. The Morgan fingerprint density at radius 1 is 0.966 bits per heavy atom. The van der Waals surface area contributed by atoms with Crippen molar-refractivity contribution in [3.8, 4) is 0 Å². The maximum Gasteiger partial charge on any atom is 0.405 e. The van der Waals surface area contributed by atoms with Crippen molar-refractivity contribution in [2.24, 2.45) is 0 Å². The highest BCUT2D eigenvalue weighted by Crippen LogP contribution is 2.17. The second-order valence-corrected chi connectivity index (χ2v) is 7.40. The second-order valence-electron chi connectivity index (χ2n) is 5.71. The molecule has 0 bridgehead atoms. The smallest absolute Gasteiger partial charge is 0.345 e. The molecular formula is C17H15F4N3O4S. The van der Waals surface area contributed by atoms with Crippen LogP contribution in [0.1, 0.15) is 10.4 Å². The van der Waals surface area contributed by atoms with Crippen molar-refractivity contribution in [3.63, 3.8) is 0 Å². The van der Waals surface area contributed by atoms with Gasteiger partial charge < -0.3 is 10.6 Å². The molecule has 2 rings (SSSR count). The zero-order valence-electron chi connectivity index (χ0n) is 14.6. The van der Waals surface area contributed by atoms with E-state index in [0.717, 1.165) is 18.2 Å². The number of carbonyl (C=O) groups excluding carboxylic acids is 2. The normalized spacial score (nSPS) is 11.6. The third-order valence-corrected chi connectivity index (χ3v) is 4.78. The van der Waals surface area contributed by atoms with E-state index in [1.165, 1.54) is 30.3 Å². The summed E-state index contributed by atoms with van der Waals surface area (Å²) < 4.78 is 76.0. The fourth-order valence-corrected chi connectivity index (χ4v) is 3.16. The van der Waals surface area contributed by atoms with Crippen LogP contribution in [0.15, 0.2) is 53.4 Å². The highest BCUT2D eigenvalue weighted by Gasteiger charge is 2.27. The molecule has 0 aromatic heterocycles. The van der Waals surface area contributed by atoms with Gasteiger partial charge in [-0.05, 0) is 42.5 Å². The maximum atomic E-state index is 12.9. The van der Waals surface area contributed by atoms with Crippen LogP contribution in [0.5, 0.6) is 0 Å². The van der Waals surface area contributed by atoms with Crippen LogP contribution in [-0.2, 0) is 14.8 Å². The SMILES string of the molecule is O=C(CNC(=O)c1cccc(S(=O)(=O)Nc2ccc(F)cc2)c1)NCC(F)(F)F. The predicted molar refractivity (Wildman–Crippen MR) is 95.0 cm³/mol. The van der Waals surface area contributed by atoms with Gasteiger partial charge in [-0.3, -0.25) is 14.3 Å². The number of alkyl halides is 3. The van der Waals surface area contributed by atoms with Crippen LogP contribution in [0.2, 0.25) is 0 Å². The predicted octanol–water partition coefficient (Wildman–Crippen LogP) is 2.03. The van der Waals surface area contributed by atoms with E-state index in [1.54, 1.807) is 5.32 Å². The molecule has 3 N–H and O–H groups in total. The summed E-state index contributed by atoms with van der Waals surface area (Å²) in [7, 11) is -4.10. The summed E-state index contributed by atoms with van der Waals surface area (Å²) >= 11 is 0. The van der Waals surface area contributed by atoms with Gasteiger partial charge in [-0.1, -0.05) is 6.07 Å². The van der Waals surface area contributed by atoms with E-state index >= 15 is 0 Å². The molecule has 0 heterocycles. The van der Waals surface area contributed by atoms with Crippen LogP contribution >= 0.6 is 0 Å². The molecule has 2 aromatic rings. The van der Waals surface area contributed by atoms with E-state index in [1.807, 2.05) is 0 Å². The molecule has 2 amide bonds. The van der Waals surface area contributed by atoms with E-state index in [4.69, 9.17) is 0 Å². The minimum atomic E-state index is -4.58. The summed E-state index contributed by atoms with van der Waals surface area (Å²) in [5, 5.41) is 3.68. The molecule has 0 fully saturated rings. The molecule has 0 unspecified atom stereocenters. The Kier molecular flexibility index (Phi) is 6.80. The van der Waals surface area contributed by atoms with Crippen molar-refractivity contribution in [2.45, 2.75) is 11.1 Å². The number of anilines is 1. The molecule has 0 aliphatic rings. The van der Waals surface area contributed by atoms with Gasteiger partial charge in [-0.25, -0.2) is 12.8 Å². The lowest BCUT2D eigenvalue weighted by Gasteiger charge is -2.11. The number of sulfonamides is 1. The summed E-state index contributed by atoms with van der Waals surface area (Å²) in [6.45, 7) is -2.26. The van der Waals surface area contributed by atoms with E-state index in [0.29, 0.717) is 0 Å². The molecule has 0 aliphatic heterocycles. The van der Waals surface area contributed by atoms with E-state index in [2.05, 4.69) is 10.0 Å². The Hall–Kier alpha value is -3.15. The fourth-order valence-electron chi connectivity index (χ4n) is 2.06. The van der Waals surface area contributed by atoms with Gasteiger partial charge in [0.25, 0.3) is 15.9 Å². The number of carbonyl (C=O) groups is 2. The van der Waals surface area contributed by atoms with Gasteiger partial charge in [0.15, 0.2) is 0 Å². The molecule has 29 heavy (non-hydrogen) atoms. The Balaban J connectivity index is 2.03. The molecule has 0 atom stereocenters. The lowest BCUT2D eigenvalue weighted by Crippen LogP contribution is -2.40. The molecular weight excluding hydrogens is 418 g/mol. The van der Waals surface area contributed by atoms with Crippen molar-refractivity contribution in [2.75, 3.05) is 17.8 Å². The first-order valence-electron chi connectivity index (χ1n) is 7.96. The van der Waals surface area contributed by atoms with Gasteiger partial charge >= 0.3 is 6.18 Å². The quantitative estimate of drug-likeness (QED) is 0.582. The van der Waals surface area contributed by atoms with Crippen LogP contribution in [0.3, 0.4) is 0 Å². The number of benzene rings is 2. The molecule has 0 spiro atoms. The van der Waals surface area contributed by atoms with Crippen molar-refractivity contribution in [3.05, 3.63) is 59.9 Å². The minimum absolute atomic E-state index is 0.0996. The monoisotopic (exact) mass is 433 g/mol. The van der Waals surface area contributed by atoms with Crippen molar-refractivity contribution >= 4 is 27.5 Å². The fraction of sp³-hybridized carbons (Fsp3) is 0.176. The summed E-state index contributed by atoms with van der Waals surface area (Å²) in [6, 6.07) is 9.31. The van der Waals surface area contributed by atoms with E-state index < -0.39 is 46.9 Å². The summed E-state index contributed by atoms with van der Waals surface area (Å²) in [5.41, 5.74) is -0.0295. The zero-order valence-corrected chi connectivity index (χ0v) is 15.4. The van der Waals surface area contributed by atoms with Gasteiger partial charge in [0.05, 0.1) is 11.4 Å². The number of hydrogen-bond acceptors (Lipinski definition) is 4. The maximum absolute atomic E-state index is 12.9. The number of rotatable bonds is 7. The summed E-state index contributed by atoms with van der Waals surface area (Å²) in [4.78, 5) is 23.1. The summed E-state index contributed by atoms with van der Waals surface area (Å²) in [6.07, 6.45) is -4.58. The number of nitrogens with one attached hydrogen (secondary N) is 3. The van der Waals surface area contributed by atoms with E-state index in [9.17, 15) is 35.6 Å². The Bertz CT molecular complexity index is 992. The molecule has 0 radical (unpaired) electrons. The highest BCUT2D eigenvalue weighted by molar-refractivity contribution is 7.92. The first kappa shape index (κ1) is 22.1. The number of amides is 2. The lowest BCUT2D eigenvalue weighted by molar-refractivity contribution is -0.137. The molecule has 12 heteroatoms. The van der Waals surface area contributed by atoms with Crippen molar-refractivity contribution in [1.29, 1.82) is 0 Å². The average molecular weight is 433 g/mol. The third kappa shape index (κ3) is 7.07. The van der Waals surface area contributed by atoms with Crippen LogP contribution in [-0.4, -0.2) is 39.5 Å². The van der Waals surface area contributed by atoms with Crippen LogP contribution in [0.4, 0.5) is 23.2 Å². The van der Waals surface area contributed by atoms with Crippen LogP contribution in [0, 0.1) is 5.82 Å². The standard InChI is InChI=1S/C17H15F4N3O4S/c18-12-4-6-13(7-5-12)24-29(27,28)14-3-1-2-11(8-14)16(26)22-9-15(25)23-10-17(19,20)21/h1-8,24H,9-10H2,(H,22,26)(H,23,25). The molecule has 2 aromatic carbocycles. The third-order valence-electron chi connectivity index (χ3n) is 3.40. The highest BCUT2D eigenvalue weighted by atomic mass is 32.2. The van der Waals surface area contributed by atoms with E-state index in [-0.39, 0.29) is 16.1 Å². The first-order chi connectivity index (χ1) is 13.5. The zero-order chi connectivity index (χ0) is 21.7. The Morgan fingerprint density at radius 2 is 1.62 bits per heavy atom. The number of hydrogen-bond donors (Lipinski definition) is 3. The van der Waals surface area contributed by atoms with Crippen molar-refractivity contribution in [1.82, 2.24) is 10.6 Å².